The largest absolute Gasteiger partial charge is 0.469 e. The van der Waals surface area contributed by atoms with Crippen molar-refractivity contribution in [3.05, 3.63) is 0 Å². The molecule has 0 aliphatic heterocycles. The molecule has 6 heteroatoms. The second kappa shape index (κ2) is 13.0. The van der Waals surface area contributed by atoms with Crippen molar-refractivity contribution in [3.63, 3.8) is 0 Å². The number of methoxy groups -OCH3 is 1. The van der Waals surface area contributed by atoms with Crippen molar-refractivity contribution in [2.45, 2.75) is 53.1 Å². The summed E-state index contributed by atoms with van der Waals surface area (Å²) in [5.74, 6) is -0.690. The van der Waals surface area contributed by atoms with E-state index in [1.54, 1.807) is 0 Å². The molecule has 0 aliphatic carbocycles. The molecular weight excluding hydrogens is 276 g/mol. The molecule has 0 radical (unpaired) electrons. The van der Waals surface area contributed by atoms with Gasteiger partial charge >= 0.3 is 5.97 Å². The quantitative estimate of drug-likeness (QED) is 0.384. The van der Waals surface area contributed by atoms with Crippen LogP contribution < -0.4 is 0 Å². The summed E-state index contributed by atoms with van der Waals surface area (Å²) in [5, 5.41) is 0. The van der Waals surface area contributed by atoms with E-state index in [2.05, 4.69) is 0 Å². The maximum absolute atomic E-state index is 12.0. The van der Waals surface area contributed by atoms with E-state index in [4.69, 9.17) is 23.7 Å². The van der Waals surface area contributed by atoms with Gasteiger partial charge in [0.1, 0.15) is 0 Å². The van der Waals surface area contributed by atoms with Crippen molar-refractivity contribution < 1.29 is 28.5 Å². The normalized spacial score (nSPS) is 11.6. The van der Waals surface area contributed by atoms with Crippen molar-refractivity contribution in [3.8, 4) is 0 Å². The van der Waals surface area contributed by atoms with Gasteiger partial charge in [-0.3, -0.25) is 4.79 Å². The first kappa shape index (κ1) is 20.3. The second-order valence-corrected chi connectivity index (χ2v) is 4.37. The van der Waals surface area contributed by atoms with Crippen LogP contribution in [-0.2, 0) is 28.5 Å². The molecule has 0 rings (SSSR count). The summed E-state index contributed by atoms with van der Waals surface area (Å²) in [6, 6.07) is 0. The van der Waals surface area contributed by atoms with Gasteiger partial charge in [0, 0.05) is 39.3 Å². The molecule has 126 valence electrons. The lowest BCUT2D eigenvalue weighted by Crippen LogP contribution is -2.31. The zero-order chi connectivity index (χ0) is 16.1. The Hall–Kier alpha value is -0.690. The standard InChI is InChI=1S/C15H30O6/c1-6-18-13(19-7-2)10-12(15(16)17-5)11-14(20-8-3)21-9-4/h12-14H,6-11H2,1-5H3. The van der Waals surface area contributed by atoms with Crippen LogP contribution in [0.4, 0.5) is 0 Å². The van der Waals surface area contributed by atoms with Gasteiger partial charge in [-0.15, -0.1) is 0 Å². The Balaban J connectivity index is 4.70. The molecule has 0 atom stereocenters. The smallest absolute Gasteiger partial charge is 0.309 e. The minimum absolute atomic E-state index is 0.302. The van der Waals surface area contributed by atoms with Crippen LogP contribution >= 0.6 is 0 Å². The van der Waals surface area contributed by atoms with Crippen LogP contribution in [0, 0.1) is 5.92 Å². The molecule has 0 spiro atoms. The highest BCUT2D eigenvalue weighted by molar-refractivity contribution is 5.72. The molecule has 0 unspecified atom stereocenters. The van der Waals surface area contributed by atoms with E-state index in [1.807, 2.05) is 27.7 Å². The Morgan fingerprint density at radius 3 is 1.33 bits per heavy atom. The third kappa shape index (κ3) is 9.03. The molecule has 0 aromatic heterocycles. The fraction of sp³-hybridized carbons (Fsp3) is 0.933. The summed E-state index contributed by atoms with van der Waals surface area (Å²) < 4.78 is 26.9. The number of ether oxygens (including phenoxy) is 5. The Morgan fingerprint density at radius 1 is 0.762 bits per heavy atom. The van der Waals surface area contributed by atoms with E-state index in [0.29, 0.717) is 39.3 Å². The maximum Gasteiger partial charge on any atom is 0.309 e. The summed E-state index contributed by atoms with van der Waals surface area (Å²) in [6.45, 7) is 9.67. The fourth-order valence-electron chi connectivity index (χ4n) is 2.03. The zero-order valence-electron chi connectivity index (χ0n) is 13.9. The third-order valence-electron chi connectivity index (χ3n) is 2.90. The summed E-state index contributed by atoms with van der Waals surface area (Å²) in [7, 11) is 1.38. The number of carbonyl (C=O) groups excluding carboxylic acids is 1. The Bertz CT molecular complexity index is 229. The van der Waals surface area contributed by atoms with E-state index >= 15 is 0 Å². The van der Waals surface area contributed by atoms with Gasteiger partial charge < -0.3 is 23.7 Å². The molecule has 0 saturated heterocycles. The topological polar surface area (TPSA) is 63.2 Å². The Morgan fingerprint density at radius 2 is 1.10 bits per heavy atom. The molecule has 0 amide bonds. The molecule has 0 fully saturated rings. The third-order valence-corrected chi connectivity index (χ3v) is 2.90. The molecule has 0 aromatic rings. The van der Waals surface area contributed by atoms with Crippen LogP contribution in [0.15, 0.2) is 0 Å². The number of esters is 1. The van der Waals surface area contributed by atoms with Gasteiger partial charge in [-0.05, 0) is 27.7 Å². The van der Waals surface area contributed by atoms with E-state index in [1.165, 1.54) is 7.11 Å². The van der Waals surface area contributed by atoms with Gasteiger partial charge in [0.25, 0.3) is 0 Å². The van der Waals surface area contributed by atoms with Gasteiger partial charge in [-0.2, -0.15) is 0 Å². The van der Waals surface area contributed by atoms with Gasteiger partial charge in [0.15, 0.2) is 12.6 Å². The van der Waals surface area contributed by atoms with Crippen LogP contribution in [0.3, 0.4) is 0 Å². The van der Waals surface area contributed by atoms with E-state index < -0.39 is 12.6 Å². The number of rotatable bonds is 13. The Labute approximate surface area is 128 Å². The Kier molecular flexibility index (Phi) is 12.6. The van der Waals surface area contributed by atoms with E-state index in [0.717, 1.165) is 0 Å². The molecule has 6 nitrogen and oxygen atoms in total. The van der Waals surface area contributed by atoms with Crippen LogP contribution in [0.2, 0.25) is 0 Å². The monoisotopic (exact) mass is 306 g/mol. The highest BCUT2D eigenvalue weighted by atomic mass is 16.7. The van der Waals surface area contributed by atoms with Crippen molar-refractivity contribution >= 4 is 5.97 Å². The fourth-order valence-corrected chi connectivity index (χ4v) is 2.03. The average molecular weight is 306 g/mol. The van der Waals surface area contributed by atoms with Gasteiger partial charge in [0.05, 0.1) is 13.0 Å². The van der Waals surface area contributed by atoms with Crippen molar-refractivity contribution in [2.24, 2.45) is 5.92 Å². The minimum Gasteiger partial charge on any atom is -0.469 e. The van der Waals surface area contributed by atoms with Crippen LogP contribution in [0.25, 0.3) is 0 Å². The number of hydrogen-bond donors (Lipinski definition) is 0. The zero-order valence-corrected chi connectivity index (χ0v) is 13.9. The summed E-state index contributed by atoms with van der Waals surface area (Å²) in [4.78, 5) is 12.0. The van der Waals surface area contributed by atoms with Gasteiger partial charge in [-0.25, -0.2) is 0 Å². The number of hydrogen-bond acceptors (Lipinski definition) is 6. The summed E-state index contributed by atoms with van der Waals surface area (Å²) in [6.07, 6.45) is -0.00303. The molecular formula is C15H30O6. The van der Waals surface area contributed by atoms with Crippen molar-refractivity contribution in [2.75, 3.05) is 33.5 Å². The highest BCUT2D eigenvalue weighted by Gasteiger charge is 2.28. The maximum atomic E-state index is 12.0. The SMILES string of the molecule is CCOC(CC(CC(OCC)OCC)C(=O)OC)OCC. The molecule has 21 heavy (non-hydrogen) atoms. The molecule has 0 saturated carbocycles. The lowest BCUT2D eigenvalue weighted by atomic mass is 10.0. The second-order valence-electron chi connectivity index (χ2n) is 4.37. The molecule has 0 aromatic carbocycles. The first-order chi connectivity index (χ1) is 10.1. The first-order valence-electron chi connectivity index (χ1n) is 7.66. The molecule has 0 N–H and O–H groups in total. The molecule has 0 aliphatic rings. The van der Waals surface area contributed by atoms with E-state index in [-0.39, 0.29) is 11.9 Å². The predicted molar refractivity (Wildman–Crippen MR) is 78.8 cm³/mol. The van der Waals surface area contributed by atoms with Crippen LogP contribution in [0.1, 0.15) is 40.5 Å². The van der Waals surface area contributed by atoms with Crippen LogP contribution in [-0.4, -0.2) is 52.1 Å². The lowest BCUT2D eigenvalue weighted by Gasteiger charge is -2.25. The van der Waals surface area contributed by atoms with Crippen LogP contribution in [0.5, 0.6) is 0 Å². The van der Waals surface area contributed by atoms with E-state index in [9.17, 15) is 4.79 Å². The molecule has 0 bridgehead atoms. The van der Waals surface area contributed by atoms with Crippen molar-refractivity contribution in [1.82, 2.24) is 0 Å². The summed E-state index contributed by atoms with van der Waals surface area (Å²) in [5.41, 5.74) is 0. The lowest BCUT2D eigenvalue weighted by molar-refractivity contribution is -0.179. The summed E-state index contributed by atoms with van der Waals surface area (Å²) >= 11 is 0. The van der Waals surface area contributed by atoms with Gasteiger partial charge in [-0.1, -0.05) is 0 Å². The number of carbonyl (C=O) groups is 1. The molecule has 0 heterocycles. The predicted octanol–water partition coefficient (Wildman–Crippen LogP) is 2.35. The minimum atomic E-state index is -0.423. The average Bonchev–Trinajstić information content (AvgIpc) is 2.46. The first-order valence-corrected chi connectivity index (χ1v) is 7.66. The van der Waals surface area contributed by atoms with Gasteiger partial charge in [0.2, 0.25) is 0 Å². The highest BCUT2D eigenvalue weighted by Crippen LogP contribution is 2.20. The van der Waals surface area contributed by atoms with Crippen molar-refractivity contribution in [1.29, 1.82) is 0 Å².